The van der Waals surface area contributed by atoms with Crippen molar-refractivity contribution < 1.29 is 39.3 Å². The quantitative estimate of drug-likeness (QED) is 0.204. The number of hydrogen-bond donors (Lipinski definition) is 6. The number of thioether (sulfide) groups is 1. The van der Waals surface area contributed by atoms with E-state index < -0.39 is 47.8 Å². The van der Waals surface area contributed by atoms with Crippen molar-refractivity contribution in [2.24, 2.45) is 5.73 Å². The average Bonchev–Trinajstić information content (AvgIpc) is 2.59. The van der Waals surface area contributed by atoms with Gasteiger partial charge in [-0.05, 0) is 31.3 Å². The molecule has 0 spiro atoms. The van der Waals surface area contributed by atoms with Gasteiger partial charge in [0.2, 0.25) is 11.8 Å². The fourth-order valence-corrected chi connectivity index (χ4v) is 2.44. The standard InChI is InChI=1S/C15H25N3O8S/c1-27-7-6-10(15(25)26)18-12(20)5-3-9(14(23)24)17-11(19)4-2-8(16)13(21)22/h8-10H,2-7,16H2,1H3,(H,17,19)(H,18,20)(H,21,22)(H,23,24)(H,25,26)/t8-,9+,10+/m0/s1. The number of carboxylic acid groups (broad SMARTS) is 3. The van der Waals surface area contributed by atoms with Crippen LogP contribution >= 0.6 is 11.8 Å². The summed E-state index contributed by atoms with van der Waals surface area (Å²) in [5.74, 6) is -4.64. The van der Waals surface area contributed by atoms with Crippen molar-refractivity contribution in [1.29, 1.82) is 0 Å². The van der Waals surface area contributed by atoms with Crippen LogP contribution in [0.4, 0.5) is 0 Å². The van der Waals surface area contributed by atoms with Crippen LogP contribution in [0.2, 0.25) is 0 Å². The lowest BCUT2D eigenvalue weighted by molar-refractivity contribution is -0.143. The van der Waals surface area contributed by atoms with Crippen LogP contribution < -0.4 is 16.4 Å². The van der Waals surface area contributed by atoms with Gasteiger partial charge >= 0.3 is 17.9 Å². The molecule has 154 valence electrons. The predicted molar refractivity (Wildman–Crippen MR) is 96.2 cm³/mol. The third-order valence-corrected chi connectivity index (χ3v) is 4.18. The van der Waals surface area contributed by atoms with E-state index in [2.05, 4.69) is 10.6 Å². The first-order valence-electron chi connectivity index (χ1n) is 8.10. The summed E-state index contributed by atoms with van der Waals surface area (Å²) in [6.07, 6.45) is 1.04. The number of aliphatic carboxylic acids is 3. The molecule has 27 heavy (non-hydrogen) atoms. The first kappa shape index (κ1) is 24.7. The second-order valence-corrected chi connectivity index (χ2v) is 6.71. The lowest BCUT2D eigenvalue weighted by Gasteiger charge is -2.17. The number of rotatable bonds is 14. The zero-order valence-corrected chi connectivity index (χ0v) is 15.7. The van der Waals surface area contributed by atoms with Gasteiger partial charge in [-0.3, -0.25) is 14.4 Å². The minimum Gasteiger partial charge on any atom is -0.480 e. The van der Waals surface area contributed by atoms with Crippen LogP contribution in [0, 0.1) is 0 Å². The van der Waals surface area contributed by atoms with Gasteiger partial charge in [0.05, 0.1) is 0 Å². The molecule has 0 aromatic rings. The van der Waals surface area contributed by atoms with Gasteiger partial charge in [-0.15, -0.1) is 0 Å². The van der Waals surface area contributed by atoms with E-state index in [9.17, 15) is 24.0 Å². The van der Waals surface area contributed by atoms with Crippen LogP contribution in [0.1, 0.15) is 32.1 Å². The molecular formula is C15H25N3O8S. The Balaban J connectivity index is 4.50. The normalized spacial score (nSPS) is 13.9. The van der Waals surface area contributed by atoms with Gasteiger partial charge in [0.15, 0.2) is 0 Å². The highest BCUT2D eigenvalue weighted by molar-refractivity contribution is 7.98. The number of nitrogens with two attached hydrogens (primary N) is 1. The molecule has 0 saturated heterocycles. The zero-order chi connectivity index (χ0) is 21.0. The number of carbonyl (C=O) groups is 5. The molecule has 2 amide bonds. The Morgan fingerprint density at radius 2 is 1.26 bits per heavy atom. The fourth-order valence-electron chi connectivity index (χ4n) is 1.97. The molecule has 0 saturated carbocycles. The summed E-state index contributed by atoms with van der Waals surface area (Å²) in [7, 11) is 0. The Morgan fingerprint density at radius 1 is 0.815 bits per heavy atom. The summed E-state index contributed by atoms with van der Waals surface area (Å²) in [5, 5.41) is 31.3. The monoisotopic (exact) mass is 407 g/mol. The summed E-state index contributed by atoms with van der Waals surface area (Å²) in [4.78, 5) is 56.4. The van der Waals surface area contributed by atoms with Crippen LogP contribution in [0.5, 0.6) is 0 Å². The molecule has 0 rings (SSSR count). The molecule has 12 heteroatoms. The van der Waals surface area contributed by atoms with Crippen molar-refractivity contribution in [2.45, 2.75) is 50.2 Å². The molecule has 0 fully saturated rings. The van der Waals surface area contributed by atoms with Gasteiger partial charge < -0.3 is 31.7 Å². The third kappa shape index (κ3) is 11.1. The van der Waals surface area contributed by atoms with Crippen LogP contribution in [0.15, 0.2) is 0 Å². The van der Waals surface area contributed by atoms with E-state index in [1.807, 2.05) is 0 Å². The topological polar surface area (TPSA) is 196 Å². The van der Waals surface area contributed by atoms with Crippen LogP contribution in [-0.4, -0.2) is 75.2 Å². The van der Waals surface area contributed by atoms with Crippen molar-refractivity contribution in [3.8, 4) is 0 Å². The summed E-state index contributed by atoms with van der Waals surface area (Å²) in [5.41, 5.74) is 5.26. The third-order valence-electron chi connectivity index (χ3n) is 3.54. The molecule has 0 aliphatic rings. The van der Waals surface area contributed by atoms with E-state index in [0.717, 1.165) is 0 Å². The van der Waals surface area contributed by atoms with Gasteiger partial charge in [-0.1, -0.05) is 0 Å². The van der Waals surface area contributed by atoms with E-state index >= 15 is 0 Å². The van der Waals surface area contributed by atoms with Gasteiger partial charge in [0.1, 0.15) is 18.1 Å². The molecule has 0 aliphatic carbocycles. The highest BCUT2D eigenvalue weighted by Crippen LogP contribution is 2.04. The maximum Gasteiger partial charge on any atom is 0.326 e. The molecule has 0 heterocycles. The lowest BCUT2D eigenvalue weighted by Crippen LogP contribution is -2.44. The minimum absolute atomic E-state index is 0.163. The maximum atomic E-state index is 11.9. The zero-order valence-electron chi connectivity index (χ0n) is 14.8. The average molecular weight is 407 g/mol. The smallest absolute Gasteiger partial charge is 0.326 e. The molecule has 11 nitrogen and oxygen atoms in total. The maximum absolute atomic E-state index is 11.9. The van der Waals surface area contributed by atoms with E-state index in [1.54, 1.807) is 6.26 Å². The summed E-state index contributed by atoms with van der Waals surface area (Å²) >= 11 is 1.43. The van der Waals surface area contributed by atoms with Gasteiger partial charge in [0, 0.05) is 12.8 Å². The van der Waals surface area contributed by atoms with Crippen LogP contribution in [0.25, 0.3) is 0 Å². The van der Waals surface area contributed by atoms with Crippen molar-refractivity contribution in [1.82, 2.24) is 10.6 Å². The number of carboxylic acids is 3. The van der Waals surface area contributed by atoms with Gasteiger partial charge in [-0.25, -0.2) is 9.59 Å². The first-order chi connectivity index (χ1) is 12.6. The Kier molecular flexibility index (Phi) is 11.8. The molecule has 0 unspecified atom stereocenters. The number of amides is 2. The Morgan fingerprint density at radius 3 is 1.67 bits per heavy atom. The predicted octanol–water partition coefficient (Wildman–Crippen LogP) is -1.15. The molecule has 0 aromatic heterocycles. The van der Waals surface area contributed by atoms with Crippen molar-refractivity contribution in [3.63, 3.8) is 0 Å². The summed E-state index contributed by atoms with van der Waals surface area (Å²) < 4.78 is 0. The summed E-state index contributed by atoms with van der Waals surface area (Å²) in [6.45, 7) is 0. The van der Waals surface area contributed by atoms with E-state index in [1.165, 1.54) is 11.8 Å². The molecule has 0 aromatic carbocycles. The van der Waals surface area contributed by atoms with E-state index in [-0.39, 0.29) is 32.1 Å². The van der Waals surface area contributed by atoms with E-state index in [0.29, 0.717) is 5.75 Å². The van der Waals surface area contributed by atoms with Gasteiger partial charge in [-0.2, -0.15) is 11.8 Å². The molecular weight excluding hydrogens is 382 g/mol. The fraction of sp³-hybridized carbons (Fsp3) is 0.667. The Hall–Kier alpha value is -2.34. The van der Waals surface area contributed by atoms with Crippen molar-refractivity contribution in [3.05, 3.63) is 0 Å². The second-order valence-electron chi connectivity index (χ2n) is 5.72. The van der Waals surface area contributed by atoms with E-state index in [4.69, 9.17) is 21.1 Å². The Labute approximate surface area is 160 Å². The van der Waals surface area contributed by atoms with Crippen LogP contribution in [-0.2, 0) is 24.0 Å². The van der Waals surface area contributed by atoms with Crippen molar-refractivity contribution in [2.75, 3.05) is 12.0 Å². The molecule has 7 N–H and O–H groups in total. The first-order valence-corrected chi connectivity index (χ1v) is 9.49. The SMILES string of the molecule is CSCC[C@@H](NC(=O)CC[C@@H](NC(=O)CC[C@H](N)C(=O)O)C(=O)O)C(=O)O. The van der Waals surface area contributed by atoms with Crippen LogP contribution in [0.3, 0.4) is 0 Å². The molecule has 0 aliphatic heterocycles. The van der Waals surface area contributed by atoms with Crippen molar-refractivity contribution >= 4 is 41.5 Å². The molecule has 3 atom stereocenters. The summed E-state index contributed by atoms with van der Waals surface area (Å²) in [6, 6.07) is -3.67. The lowest BCUT2D eigenvalue weighted by atomic mass is 10.1. The van der Waals surface area contributed by atoms with Gasteiger partial charge in [0.25, 0.3) is 0 Å². The largest absolute Gasteiger partial charge is 0.480 e. The minimum atomic E-state index is -1.36. The second kappa shape index (κ2) is 12.9. The molecule has 0 bridgehead atoms. The highest BCUT2D eigenvalue weighted by atomic mass is 32.2. The number of hydrogen-bond acceptors (Lipinski definition) is 7. The Bertz CT molecular complexity index is 557. The number of nitrogens with one attached hydrogen (secondary N) is 2. The molecule has 0 radical (unpaired) electrons. The highest BCUT2D eigenvalue weighted by Gasteiger charge is 2.24. The number of carbonyl (C=O) groups excluding carboxylic acids is 2.